The summed E-state index contributed by atoms with van der Waals surface area (Å²) in [5.41, 5.74) is 2.68. The summed E-state index contributed by atoms with van der Waals surface area (Å²) < 4.78 is 15.6. The second-order valence-corrected chi connectivity index (χ2v) is 3.82. The molecule has 0 saturated carbocycles. The van der Waals surface area contributed by atoms with Crippen molar-refractivity contribution >= 4 is 0 Å². The van der Waals surface area contributed by atoms with Gasteiger partial charge in [-0.2, -0.15) is 4.98 Å². The molecule has 1 heterocycles. The molecule has 96 valence electrons. The lowest BCUT2D eigenvalue weighted by Gasteiger charge is -2.07. The number of methoxy groups -OCH3 is 3. The van der Waals surface area contributed by atoms with Crippen LogP contribution in [0.2, 0.25) is 0 Å². The van der Waals surface area contributed by atoms with Gasteiger partial charge in [0.1, 0.15) is 11.5 Å². The number of ether oxygens (including phenoxy) is 3. The van der Waals surface area contributed by atoms with Crippen LogP contribution in [0.5, 0.6) is 17.5 Å². The van der Waals surface area contributed by atoms with E-state index in [-0.39, 0.29) is 0 Å². The summed E-state index contributed by atoms with van der Waals surface area (Å²) in [7, 11) is 4.82. The van der Waals surface area contributed by atoms with E-state index in [0.29, 0.717) is 6.01 Å². The molecule has 0 saturated heterocycles. The van der Waals surface area contributed by atoms with E-state index in [1.807, 2.05) is 25.1 Å². The third kappa shape index (κ3) is 2.25. The van der Waals surface area contributed by atoms with Gasteiger partial charge in [0.2, 0.25) is 0 Å². The first kappa shape index (κ1) is 12.3. The van der Waals surface area contributed by atoms with Crippen molar-refractivity contribution in [1.82, 2.24) is 9.97 Å². The Balaban J connectivity index is 2.51. The number of benzene rings is 1. The number of rotatable bonds is 4. The normalized spacial score (nSPS) is 10.2. The highest BCUT2D eigenvalue weighted by atomic mass is 16.5. The predicted octanol–water partition coefficient (Wildman–Crippen LogP) is 2.41. The van der Waals surface area contributed by atoms with Crippen LogP contribution in [0.25, 0.3) is 11.3 Å². The molecule has 0 atom stereocenters. The van der Waals surface area contributed by atoms with Gasteiger partial charge in [-0.1, -0.05) is 0 Å². The van der Waals surface area contributed by atoms with Gasteiger partial charge in [0.25, 0.3) is 6.01 Å². The quantitative estimate of drug-likeness (QED) is 0.902. The molecule has 0 aliphatic rings. The van der Waals surface area contributed by atoms with Crippen molar-refractivity contribution in [3.05, 3.63) is 23.9 Å². The Labute approximate surface area is 106 Å². The number of aryl methyl sites for hydroxylation is 1. The number of hydrogen-bond donors (Lipinski definition) is 1. The number of nitrogens with zero attached hydrogens (tertiary/aromatic N) is 1. The Kier molecular flexibility index (Phi) is 3.41. The van der Waals surface area contributed by atoms with Gasteiger partial charge in [-0.25, -0.2) is 0 Å². The number of aromatic amines is 1. The minimum atomic E-state index is 0.490. The van der Waals surface area contributed by atoms with Crippen LogP contribution in [-0.2, 0) is 0 Å². The topological polar surface area (TPSA) is 56.4 Å². The van der Waals surface area contributed by atoms with Crippen LogP contribution in [0.3, 0.4) is 0 Å². The summed E-state index contributed by atoms with van der Waals surface area (Å²) in [5, 5.41) is 0. The lowest BCUT2D eigenvalue weighted by atomic mass is 10.1. The maximum Gasteiger partial charge on any atom is 0.294 e. The van der Waals surface area contributed by atoms with Gasteiger partial charge in [0, 0.05) is 17.3 Å². The zero-order chi connectivity index (χ0) is 13.1. The summed E-state index contributed by atoms with van der Waals surface area (Å²) in [6.07, 6.45) is 0. The van der Waals surface area contributed by atoms with E-state index in [0.717, 1.165) is 28.5 Å². The monoisotopic (exact) mass is 248 g/mol. The molecule has 1 N–H and O–H groups in total. The maximum absolute atomic E-state index is 5.24. The molecule has 5 nitrogen and oxygen atoms in total. The minimum Gasteiger partial charge on any atom is -0.497 e. The van der Waals surface area contributed by atoms with Crippen molar-refractivity contribution in [2.45, 2.75) is 6.92 Å². The molecule has 0 aliphatic carbocycles. The van der Waals surface area contributed by atoms with Crippen LogP contribution in [0.1, 0.15) is 5.69 Å². The third-order valence-electron chi connectivity index (χ3n) is 2.68. The van der Waals surface area contributed by atoms with Crippen molar-refractivity contribution in [3.63, 3.8) is 0 Å². The highest BCUT2D eigenvalue weighted by Crippen LogP contribution is 2.31. The Morgan fingerprint density at radius 1 is 0.944 bits per heavy atom. The number of aromatic nitrogens is 2. The fourth-order valence-corrected chi connectivity index (χ4v) is 1.75. The predicted molar refractivity (Wildman–Crippen MR) is 68.4 cm³/mol. The standard InChI is InChI=1S/C13H16N2O3/c1-8-12(15-13(14-8)18-4)9-5-10(16-2)7-11(6-9)17-3/h5-7H,1-4H3,(H,14,15). The van der Waals surface area contributed by atoms with Gasteiger partial charge >= 0.3 is 0 Å². The molecule has 2 rings (SSSR count). The Bertz CT molecular complexity index is 527. The van der Waals surface area contributed by atoms with Crippen LogP contribution in [0.4, 0.5) is 0 Å². The van der Waals surface area contributed by atoms with Crippen LogP contribution < -0.4 is 14.2 Å². The first-order valence-corrected chi connectivity index (χ1v) is 5.52. The van der Waals surface area contributed by atoms with Crippen molar-refractivity contribution in [2.24, 2.45) is 0 Å². The highest BCUT2D eigenvalue weighted by molar-refractivity contribution is 5.66. The molecule has 0 spiro atoms. The number of nitrogens with one attached hydrogen (secondary N) is 1. The average Bonchev–Trinajstić information content (AvgIpc) is 2.79. The van der Waals surface area contributed by atoms with E-state index in [2.05, 4.69) is 9.97 Å². The summed E-state index contributed by atoms with van der Waals surface area (Å²) in [6.45, 7) is 1.94. The van der Waals surface area contributed by atoms with Gasteiger partial charge in [0.05, 0.1) is 27.0 Å². The molecule has 18 heavy (non-hydrogen) atoms. The van der Waals surface area contributed by atoms with Crippen molar-refractivity contribution in [1.29, 1.82) is 0 Å². The summed E-state index contributed by atoms with van der Waals surface area (Å²) in [4.78, 5) is 7.41. The molecule has 0 aliphatic heterocycles. The zero-order valence-corrected chi connectivity index (χ0v) is 10.9. The molecular formula is C13H16N2O3. The highest BCUT2D eigenvalue weighted by Gasteiger charge is 2.11. The van der Waals surface area contributed by atoms with E-state index >= 15 is 0 Å². The molecule has 5 heteroatoms. The van der Waals surface area contributed by atoms with E-state index in [1.165, 1.54) is 0 Å². The zero-order valence-electron chi connectivity index (χ0n) is 10.9. The molecular weight excluding hydrogens is 232 g/mol. The smallest absolute Gasteiger partial charge is 0.294 e. The molecule has 0 amide bonds. The van der Waals surface area contributed by atoms with Gasteiger partial charge in [-0.15, -0.1) is 0 Å². The number of imidazole rings is 1. The first-order valence-electron chi connectivity index (χ1n) is 5.52. The minimum absolute atomic E-state index is 0.490. The Hall–Kier alpha value is -2.17. The third-order valence-corrected chi connectivity index (χ3v) is 2.68. The molecule has 0 fully saturated rings. The van der Waals surface area contributed by atoms with Crippen LogP contribution in [0, 0.1) is 6.92 Å². The maximum atomic E-state index is 5.24. The molecule has 0 radical (unpaired) electrons. The first-order chi connectivity index (χ1) is 8.67. The van der Waals surface area contributed by atoms with Gasteiger partial charge in [-0.3, -0.25) is 0 Å². The van der Waals surface area contributed by atoms with E-state index < -0.39 is 0 Å². The van der Waals surface area contributed by atoms with E-state index in [9.17, 15) is 0 Å². The van der Waals surface area contributed by atoms with Crippen LogP contribution in [0.15, 0.2) is 18.2 Å². The fraction of sp³-hybridized carbons (Fsp3) is 0.308. The second kappa shape index (κ2) is 5.00. The van der Waals surface area contributed by atoms with Gasteiger partial charge in [-0.05, 0) is 19.1 Å². The van der Waals surface area contributed by atoms with Crippen molar-refractivity contribution < 1.29 is 14.2 Å². The molecule has 1 aromatic carbocycles. The largest absolute Gasteiger partial charge is 0.497 e. The Morgan fingerprint density at radius 2 is 1.56 bits per heavy atom. The van der Waals surface area contributed by atoms with Crippen molar-refractivity contribution in [2.75, 3.05) is 21.3 Å². The molecule has 0 bridgehead atoms. The summed E-state index contributed by atoms with van der Waals surface area (Å²) in [6, 6.07) is 6.13. The molecule has 1 aromatic heterocycles. The molecule has 2 aromatic rings. The van der Waals surface area contributed by atoms with E-state index in [1.54, 1.807) is 21.3 Å². The fourth-order valence-electron chi connectivity index (χ4n) is 1.75. The van der Waals surface area contributed by atoms with E-state index in [4.69, 9.17) is 14.2 Å². The number of H-pyrrole nitrogens is 1. The van der Waals surface area contributed by atoms with Crippen LogP contribution >= 0.6 is 0 Å². The SMILES string of the molecule is COc1cc(OC)cc(-c2nc(OC)[nH]c2C)c1. The Morgan fingerprint density at radius 3 is 2.00 bits per heavy atom. The second-order valence-electron chi connectivity index (χ2n) is 3.82. The lowest BCUT2D eigenvalue weighted by Crippen LogP contribution is -1.90. The summed E-state index contributed by atoms with van der Waals surface area (Å²) in [5.74, 6) is 1.46. The lowest BCUT2D eigenvalue weighted by molar-refractivity contribution is 0.384. The van der Waals surface area contributed by atoms with Gasteiger partial charge < -0.3 is 19.2 Å². The summed E-state index contributed by atoms with van der Waals surface area (Å²) >= 11 is 0. The number of hydrogen-bond acceptors (Lipinski definition) is 4. The van der Waals surface area contributed by atoms with Crippen LogP contribution in [-0.4, -0.2) is 31.3 Å². The average molecular weight is 248 g/mol. The molecule has 0 unspecified atom stereocenters. The van der Waals surface area contributed by atoms with Gasteiger partial charge in [0.15, 0.2) is 0 Å². The van der Waals surface area contributed by atoms with Crippen molar-refractivity contribution in [3.8, 4) is 28.8 Å².